The van der Waals surface area contributed by atoms with Gasteiger partial charge in [-0.25, -0.2) is 13.5 Å². The zero-order chi connectivity index (χ0) is 26.8. The lowest BCUT2D eigenvalue weighted by Gasteiger charge is -2.24. The molecule has 0 aliphatic carbocycles. The number of nitrogens with one attached hydrogen (secondary N) is 1. The summed E-state index contributed by atoms with van der Waals surface area (Å²) in [5, 5.41) is 15.8. The number of alkyl halides is 2. The summed E-state index contributed by atoms with van der Waals surface area (Å²) in [5.41, 5.74) is 1.59. The van der Waals surface area contributed by atoms with Gasteiger partial charge in [-0.3, -0.25) is 24.3 Å². The Morgan fingerprint density at radius 3 is 2.68 bits per heavy atom. The van der Waals surface area contributed by atoms with E-state index in [1.54, 1.807) is 18.5 Å². The van der Waals surface area contributed by atoms with E-state index in [0.29, 0.717) is 29.9 Å². The molecule has 1 atom stereocenters. The first-order chi connectivity index (χ1) is 17.8. The van der Waals surface area contributed by atoms with Crippen LogP contribution in [0.5, 0.6) is 0 Å². The second kappa shape index (κ2) is 13.8. The molecule has 1 amide bonds. The molecule has 0 unspecified atom stereocenters. The molecule has 0 saturated carbocycles. The molecule has 3 heterocycles. The normalized spacial score (nSPS) is 15.4. The van der Waals surface area contributed by atoms with Crippen molar-refractivity contribution in [1.82, 2.24) is 25.0 Å². The number of hydrogen-bond acceptors (Lipinski definition) is 6. The first-order valence-electron chi connectivity index (χ1n) is 11.8. The molecule has 1 aliphatic heterocycles. The van der Waals surface area contributed by atoms with Gasteiger partial charge < -0.3 is 10.4 Å². The highest BCUT2D eigenvalue weighted by Crippen LogP contribution is 2.21. The van der Waals surface area contributed by atoms with Gasteiger partial charge in [0.25, 0.3) is 18.5 Å². The average molecular weight is 536 g/mol. The van der Waals surface area contributed by atoms with E-state index in [1.165, 1.54) is 4.68 Å². The Labute approximate surface area is 217 Å². The van der Waals surface area contributed by atoms with Gasteiger partial charge in [0.1, 0.15) is 0 Å². The van der Waals surface area contributed by atoms with E-state index in [1.807, 2.05) is 24.3 Å². The van der Waals surface area contributed by atoms with Gasteiger partial charge in [-0.05, 0) is 43.1 Å². The van der Waals surface area contributed by atoms with Crippen molar-refractivity contribution in [2.24, 2.45) is 0 Å². The van der Waals surface area contributed by atoms with Gasteiger partial charge in [0.05, 0.1) is 24.2 Å². The van der Waals surface area contributed by atoms with Gasteiger partial charge >= 0.3 is 0 Å². The summed E-state index contributed by atoms with van der Waals surface area (Å²) >= 11 is 6.01. The van der Waals surface area contributed by atoms with E-state index in [0.717, 1.165) is 36.0 Å². The second-order valence-corrected chi connectivity index (χ2v) is 8.98. The first-order valence-corrected chi connectivity index (χ1v) is 12.1. The second-order valence-electron chi connectivity index (χ2n) is 8.54. The molecule has 12 heteroatoms. The Morgan fingerprint density at radius 1 is 1.24 bits per heavy atom. The van der Waals surface area contributed by atoms with Gasteiger partial charge in [-0.15, -0.1) is 0 Å². The standard InChI is InChI=1S/C24H26ClF2N5O2.CH2O2/c25-17-5-3-16(4-6-17)12-21-20-13-28-9-7-19(20)24(34)32(30-21)15-18-2-1-10-31(18)11-8-23(33)29-14-22(26)27;2-1-3/h3-7,9,13,18,22H,1-2,8,10-12,14-15H2,(H,29,33);1H,(H,2,3)/t18-;/m1./s1. The van der Waals surface area contributed by atoms with Crippen LogP contribution in [0, 0.1) is 0 Å². The molecule has 4 rings (SSSR count). The third-order valence-corrected chi connectivity index (χ3v) is 6.34. The molecule has 2 aromatic heterocycles. The minimum atomic E-state index is -2.56. The summed E-state index contributed by atoms with van der Waals surface area (Å²) in [6.45, 7) is 0.744. The minimum absolute atomic E-state index is 0.0377. The van der Waals surface area contributed by atoms with Crippen LogP contribution in [-0.4, -0.2) is 69.3 Å². The highest BCUT2D eigenvalue weighted by molar-refractivity contribution is 6.30. The molecule has 0 spiro atoms. The number of hydrogen-bond donors (Lipinski definition) is 2. The fourth-order valence-electron chi connectivity index (χ4n) is 4.37. The molecular formula is C25H28ClF2N5O4. The van der Waals surface area contributed by atoms with Crippen molar-refractivity contribution in [3.05, 3.63) is 69.4 Å². The number of carbonyl (C=O) groups is 2. The van der Waals surface area contributed by atoms with Crippen LogP contribution >= 0.6 is 11.6 Å². The van der Waals surface area contributed by atoms with Gasteiger partial charge in [-0.2, -0.15) is 5.10 Å². The van der Waals surface area contributed by atoms with Crippen LogP contribution < -0.4 is 10.9 Å². The van der Waals surface area contributed by atoms with Crippen molar-refractivity contribution in [2.45, 2.75) is 44.7 Å². The topological polar surface area (TPSA) is 117 Å². The molecule has 37 heavy (non-hydrogen) atoms. The first kappa shape index (κ1) is 28.1. The van der Waals surface area contributed by atoms with Crippen molar-refractivity contribution in [3.8, 4) is 0 Å². The Kier molecular flexibility index (Phi) is 10.5. The number of likely N-dealkylation sites (tertiary alicyclic amines) is 1. The number of fused-ring (bicyclic) bond motifs is 1. The van der Waals surface area contributed by atoms with E-state index in [-0.39, 0.29) is 24.5 Å². The Bertz CT molecular complexity index is 1260. The fourth-order valence-corrected chi connectivity index (χ4v) is 4.49. The Morgan fingerprint density at radius 2 is 1.97 bits per heavy atom. The predicted octanol–water partition coefficient (Wildman–Crippen LogP) is 2.97. The Hall–Kier alpha value is -3.44. The third-order valence-electron chi connectivity index (χ3n) is 6.09. The maximum Gasteiger partial charge on any atom is 0.290 e. The van der Waals surface area contributed by atoms with Crippen LogP contribution in [0.15, 0.2) is 47.5 Å². The van der Waals surface area contributed by atoms with E-state index >= 15 is 0 Å². The highest BCUT2D eigenvalue weighted by atomic mass is 35.5. The number of pyridine rings is 1. The lowest BCUT2D eigenvalue weighted by molar-refractivity contribution is -0.123. The Balaban J connectivity index is 0.00000121. The molecule has 0 radical (unpaired) electrons. The summed E-state index contributed by atoms with van der Waals surface area (Å²) in [5.74, 6) is -0.398. The fraction of sp³-hybridized carbons (Fsp3) is 0.400. The molecule has 1 fully saturated rings. The number of benzene rings is 1. The number of aromatic nitrogens is 3. The third kappa shape index (κ3) is 8.02. The van der Waals surface area contributed by atoms with Crippen LogP contribution in [0.2, 0.25) is 5.02 Å². The van der Waals surface area contributed by atoms with Gasteiger partial charge in [-0.1, -0.05) is 23.7 Å². The van der Waals surface area contributed by atoms with Crippen molar-refractivity contribution < 1.29 is 23.5 Å². The molecular weight excluding hydrogens is 508 g/mol. The average Bonchev–Trinajstić information content (AvgIpc) is 3.33. The summed E-state index contributed by atoms with van der Waals surface area (Å²) in [7, 11) is 0. The quantitative estimate of drug-likeness (QED) is 0.404. The van der Waals surface area contributed by atoms with Crippen LogP contribution in [-0.2, 0) is 22.6 Å². The molecule has 3 aromatic rings. The van der Waals surface area contributed by atoms with Crippen molar-refractivity contribution in [3.63, 3.8) is 0 Å². The summed E-state index contributed by atoms with van der Waals surface area (Å²) < 4.78 is 26.1. The highest BCUT2D eigenvalue weighted by Gasteiger charge is 2.26. The lowest BCUT2D eigenvalue weighted by Crippen LogP contribution is -2.39. The van der Waals surface area contributed by atoms with E-state index in [4.69, 9.17) is 26.6 Å². The van der Waals surface area contributed by atoms with Crippen molar-refractivity contribution in [2.75, 3.05) is 19.6 Å². The van der Waals surface area contributed by atoms with Gasteiger partial charge in [0.15, 0.2) is 0 Å². The molecule has 1 aromatic carbocycles. The van der Waals surface area contributed by atoms with Gasteiger partial charge in [0.2, 0.25) is 5.91 Å². The van der Waals surface area contributed by atoms with Crippen LogP contribution in [0.25, 0.3) is 10.8 Å². The van der Waals surface area contributed by atoms with E-state index in [9.17, 15) is 18.4 Å². The summed E-state index contributed by atoms with van der Waals surface area (Å²) in [4.78, 5) is 39.7. The predicted molar refractivity (Wildman–Crippen MR) is 135 cm³/mol. The molecule has 9 nitrogen and oxygen atoms in total. The lowest BCUT2D eigenvalue weighted by atomic mass is 10.1. The number of nitrogens with zero attached hydrogens (tertiary/aromatic N) is 4. The molecule has 198 valence electrons. The largest absolute Gasteiger partial charge is 0.483 e. The van der Waals surface area contributed by atoms with Crippen LogP contribution in [0.4, 0.5) is 8.78 Å². The summed E-state index contributed by atoms with van der Waals surface area (Å²) in [6, 6.07) is 9.25. The van der Waals surface area contributed by atoms with Gasteiger partial charge in [0, 0.05) is 48.2 Å². The molecule has 2 N–H and O–H groups in total. The zero-order valence-electron chi connectivity index (χ0n) is 20.0. The van der Waals surface area contributed by atoms with Crippen LogP contribution in [0.3, 0.4) is 0 Å². The summed E-state index contributed by atoms with van der Waals surface area (Å²) in [6.07, 6.45) is 3.17. The number of rotatable bonds is 9. The molecule has 0 bridgehead atoms. The number of amides is 1. The maximum absolute atomic E-state index is 13.2. The minimum Gasteiger partial charge on any atom is -0.483 e. The SMILES string of the molecule is O=C(CCN1CCC[C@@H]1Cn1nc(Cc2ccc(Cl)cc2)c2cnccc2c1=O)NCC(F)F.O=CO. The maximum atomic E-state index is 13.2. The number of halogens is 3. The van der Waals surface area contributed by atoms with Crippen molar-refractivity contribution in [1.29, 1.82) is 0 Å². The monoisotopic (exact) mass is 535 g/mol. The van der Waals surface area contributed by atoms with E-state index < -0.39 is 18.9 Å². The number of carbonyl (C=O) groups excluding carboxylic acids is 1. The van der Waals surface area contributed by atoms with E-state index in [2.05, 4.69) is 15.2 Å². The van der Waals surface area contributed by atoms with Crippen molar-refractivity contribution >= 4 is 34.8 Å². The number of carboxylic acid groups (broad SMARTS) is 1. The van der Waals surface area contributed by atoms with Crippen LogP contribution in [0.1, 0.15) is 30.5 Å². The zero-order valence-corrected chi connectivity index (χ0v) is 20.8. The molecule has 1 aliphatic rings. The smallest absolute Gasteiger partial charge is 0.290 e. The molecule has 1 saturated heterocycles.